The molecule has 0 bridgehead atoms. The van der Waals surface area contributed by atoms with Gasteiger partial charge in [0.25, 0.3) is 0 Å². The summed E-state index contributed by atoms with van der Waals surface area (Å²) in [6.07, 6.45) is 8.46. The van der Waals surface area contributed by atoms with Crippen molar-refractivity contribution in [2.45, 2.75) is 32.2 Å². The maximum atomic E-state index is 12.3. The summed E-state index contributed by atoms with van der Waals surface area (Å²) in [6.45, 7) is 7.08. The van der Waals surface area contributed by atoms with Crippen molar-refractivity contribution in [2.24, 2.45) is 0 Å². The van der Waals surface area contributed by atoms with E-state index in [0.717, 1.165) is 37.6 Å². The molecule has 1 aromatic rings. The third-order valence-corrected chi connectivity index (χ3v) is 4.92. The summed E-state index contributed by atoms with van der Waals surface area (Å²) >= 11 is 0. The zero-order valence-electron chi connectivity index (χ0n) is 15.1. The second-order valence-electron chi connectivity index (χ2n) is 6.74. The van der Waals surface area contributed by atoms with Crippen molar-refractivity contribution in [3.05, 3.63) is 36.4 Å². The van der Waals surface area contributed by atoms with Crippen LogP contribution >= 0.6 is 0 Å². The number of anilines is 1. The molecule has 25 heavy (non-hydrogen) atoms. The van der Waals surface area contributed by atoms with Gasteiger partial charge in [0.2, 0.25) is 5.91 Å². The van der Waals surface area contributed by atoms with Gasteiger partial charge in [-0.2, -0.15) is 0 Å². The van der Waals surface area contributed by atoms with Crippen LogP contribution < -0.4 is 10.1 Å². The first-order valence-electron chi connectivity index (χ1n) is 9.40. The van der Waals surface area contributed by atoms with E-state index in [2.05, 4.69) is 27.3 Å². The quantitative estimate of drug-likeness (QED) is 0.807. The number of nitrogens with one attached hydrogen (secondary N) is 1. The molecule has 1 N–H and O–H groups in total. The van der Waals surface area contributed by atoms with Crippen molar-refractivity contribution < 1.29 is 9.53 Å². The van der Waals surface area contributed by atoms with E-state index < -0.39 is 0 Å². The molecule has 3 rings (SSSR count). The summed E-state index contributed by atoms with van der Waals surface area (Å²) in [7, 11) is 0. The van der Waals surface area contributed by atoms with E-state index in [0.29, 0.717) is 19.2 Å². The number of piperazine rings is 1. The Kier molecular flexibility index (Phi) is 6.48. The van der Waals surface area contributed by atoms with E-state index in [1.54, 1.807) is 0 Å². The number of hydrogen-bond acceptors (Lipinski definition) is 4. The molecule has 136 valence electrons. The number of carbonyl (C=O) groups excluding carboxylic acids is 1. The molecule has 0 radical (unpaired) electrons. The lowest BCUT2D eigenvalue weighted by molar-refractivity contribution is -0.117. The number of benzene rings is 1. The zero-order valence-corrected chi connectivity index (χ0v) is 15.1. The Labute approximate surface area is 150 Å². The molecular formula is C20H29N3O2. The van der Waals surface area contributed by atoms with Crippen LogP contribution in [0.5, 0.6) is 5.75 Å². The Morgan fingerprint density at radius 2 is 1.96 bits per heavy atom. The highest BCUT2D eigenvalue weighted by atomic mass is 16.5. The first-order chi connectivity index (χ1) is 12.2. The van der Waals surface area contributed by atoms with Crippen molar-refractivity contribution in [1.29, 1.82) is 0 Å². The minimum Gasteiger partial charge on any atom is -0.494 e. The number of hydrogen-bond donors (Lipinski definition) is 1. The van der Waals surface area contributed by atoms with Crippen LogP contribution in [-0.2, 0) is 4.79 Å². The molecule has 1 amide bonds. The molecule has 0 saturated carbocycles. The normalized spacial score (nSPS) is 21.9. The van der Waals surface area contributed by atoms with Gasteiger partial charge < -0.3 is 10.1 Å². The summed E-state index contributed by atoms with van der Waals surface area (Å²) in [6, 6.07) is 8.14. The second-order valence-corrected chi connectivity index (χ2v) is 6.74. The van der Waals surface area contributed by atoms with Gasteiger partial charge in [0.15, 0.2) is 0 Å². The molecule has 1 heterocycles. The Morgan fingerprint density at radius 1 is 1.20 bits per heavy atom. The van der Waals surface area contributed by atoms with Crippen molar-refractivity contribution in [1.82, 2.24) is 9.80 Å². The van der Waals surface area contributed by atoms with Gasteiger partial charge in [-0.25, -0.2) is 0 Å². The SMILES string of the molecule is CCOc1ccc(NC(=O)CN2CCN([C@@H]3C=CCCC3)CC2)cc1. The van der Waals surface area contributed by atoms with Crippen LogP contribution in [0.25, 0.3) is 0 Å². The highest BCUT2D eigenvalue weighted by Crippen LogP contribution is 2.18. The topological polar surface area (TPSA) is 44.8 Å². The first-order valence-corrected chi connectivity index (χ1v) is 9.40. The Hall–Kier alpha value is -1.85. The van der Waals surface area contributed by atoms with Crippen LogP contribution in [0.15, 0.2) is 36.4 Å². The minimum atomic E-state index is 0.0511. The molecule has 1 aromatic carbocycles. The molecule has 1 aliphatic carbocycles. The molecule has 0 aromatic heterocycles. The zero-order chi connectivity index (χ0) is 17.5. The fourth-order valence-electron chi connectivity index (χ4n) is 3.56. The van der Waals surface area contributed by atoms with Gasteiger partial charge in [-0.15, -0.1) is 0 Å². The van der Waals surface area contributed by atoms with Crippen LogP contribution in [0.2, 0.25) is 0 Å². The smallest absolute Gasteiger partial charge is 0.238 e. The number of allylic oxidation sites excluding steroid dienone is 1. The van der Waals surface area contributed by atoms with E-state index in [1.807, 2.05) is 31.2 Å². The van der Waals surface area contributed by atoms with Gasteiger partial charge in [0, 0.05) is 37.9 Å². The van der Waals surface area contributed by atoms with Crippen LogP contribution in [0.1, 0.15) is 26.2 Å². The first kappa shape index (κ1) is 18.0. The summed E-state index contributed by atoms with van der Waals surface area (Å²) in [5.74, 6) is 0.878. The van der Waals surface area contributed by atoms with Gasteiger partial charge in [0.1, 0.15) is 5.75 Å². The lowest BCUT2D eigenvalue weighted by atomic mass is 10.0. The van der Waals surface area contributed by atoms with Crippen molar-refractivity contribution >= 4 is 11.6 Å². The van der Waals surface area contributed by atoms with Gasteiger partial charge in [-0.1, -0.05) is 12.2 Å². The molecular weight excluding hydrogens is 314 g/mol. The van der Waals surface area contributed by atoms with Crippen LogP contribution in [-0.4, -0.2) is 61.1 Å². The number of ether oxygens (including phenoxy) is 1. The molecule has 0 spiro atoms. The van der Waals surface area contributed by atoms with E-state index in [9.17, 15) is 4.79 Å². The van der Waals surface area contributed by atoms with E-state index in [4.69, 9.17) is 4.74 Å². The molecule has 1 aliphatic heterocycles. The number of carbonyl (C=O) groups is 1. The van der Waals surface area contributed by atoms with Gasteiger partial charge >= 0.3 is 0 Å². The van der Waals surface area contributed by atoms with E-state index in [1.165, 1.54) is 19.3 Å². The summed E-state index contributed by atoms with van der Waals surface area (Å²) in [5, 5.41) is 2.97. The predicted octanol–water partition coefficient (Wildman–Crippen LogP) is 2.75. The molecule has 1 atom stereocenters. The fourth-order valence-corrected chi connectivity index (χ4v) is 3.56. The average Bonchev–Trinajstić information content (AvgIpc) is 2.65. The minimum absolute atomic E-state index is 0.0511. The monoisotopic (exact) mass is 343 g/mol. The van der Waals surface area contributed by atoms with Gasteiger partial charge in [-0.3, -0.25) is 14.6 Å². The molecule has 2 aliphatic rings. The predicted molar refractivity (Wildman–Crippen MR) is 101 cm³/mol. The Morgan fingerprint density at radius 3 is 2.60 bits per heavy atom. The highest BCUT2D eigenvalue weighted by Gasteiger charge is 2.23. The molecule has 1 fully saturated rings. The Balaban J connectivity index is 1.41. The highest BCUT2D eigenvalue weighted by molar-refractivity contribution is 5.92. The van der Waals surface area contributed by atoms with Crippen molar-refractivity contribution in [3.63, 3.8) is 0 Å². The largest absolute Gasteiger partial charge is 0.494 e. The third kappa shape index (κ3) is 5.31. The summed E-state index contributed by atoms with van der Waals surface area (Å²) in [5.41, 5.74) is 0.819. The molecule has 0 unspecified atom stereocenters. The van der Waals surface area contributed by atoms with E-state index in [-0.39, 0.29) is 5.91 Å². The lowest BCUT2D eigenvalue weighted by Gasteiger charge is -2.38. The van der Waals surface area contributed by atoms with Gasteiger partial charge in [-0.05, 0) is 50.5 Å². The number of rotatable bonds is 6. The second kappa shape index (κ2) is 9.02. The number of amides is 1. The Bertz CT molecular complexity index is 577. The third-order valence-electron chi connectivity index (χ3n) is 4.92. The lowest BCUT2D eigenvalue weighted by Crippen LogP contribution is -2.51. The van der Waals surface area contributed by atoms with Crippen LogP contribution in [0.3, 0.4) is 0 Å². The van der Waals surface area contributed by atoms with Crippen LogP contribution in [0.4, 0.5) is 5.69 Å². The van der Waals surface area contributed by atoms with Crippen molar-refractivity contribution in [3.8, 4) is 5.75 Å². The number of nitrogens with zero attached hydrogens (tertiary/aromatic N) is 2. The summed E-state index contributed by atoms with van der Waals surface area (Å²) in [4.78, 5) is 17.1. The average molecular weight is 343 g/mol. The maximum absolute atomic E-state index is 12.3. The van der Waals surface area contributed by atoms with Crippen molar-refractivity contribution in [2.75, 3.05) is 44.6 Å². The van der Waals surface area contributed by atoms with Gasteiger partial charge in [0.05, 0.1) is 13.2 Å². The molecule has 5 nitrogen and oxygen atoms in total. The van der Waals surface area contributed by atoms with E-state index >= 15 is 0 Å². The van der Waals surface area contributed by atoms with Crippen LogP contribution in [0, 0.1) is 0 Å². The summed E-state index contributed by atoms with van der Waals surface area (Å²) < 4.78 is 5.42. The molecule has 5 heteroatoms. The maximum Gasteiger partial charge on any atom is 0.238 e. The standard InChI is InChI=1S/C20H29N3O2/c1-2-25-19-10-8-17(9-11-19)21-20(24)16-22-12-14-23(15-13-22)18-6-4-3-5-7-18/h4,6,8-11,18H,2-3,5,7,12-16H2,1H3,(H,21,24)/t18-/m1/s1. The molecule has 1 saturated heterocycles. The fraction of sp³-hybridized carbons (Fsp3) is 0.550.